The Labute approximate surface area is 104 Å². The highest BCUT2D eigenvalue weighted by atomic mass is 16.6. The molecule has 0 aliphatic carbocycles. The maximum absolute atomic E-state index is 11.7. The number of carbonyl (C=O) groups is 2. The van der Waals surface area contributed by atoms with Crippen molar-refractivity contribution in [3.63, 3.8) is 0 Å². The van der Waals surface area contributed by atoms with Crippen molar-refractivity contribution >= 4 is 11.9 Å². The molecule has 96 valence electrons. The molecule has 1 amide bonds. The van der Waals surface area contributed by atoms with Gasteiger partial charge in [0.2, 0.25) is 6.10 Å². The van der Waals surface area contributed by atoms with Gasteiger partial charge in [0.1, 0.15) is 6.61 Å². The molecule has 0 saturated heterocycles. The number of aliphatic carboxylic acids is 1. The van der Waals surface area contributed by atoms with Gasteiger partial charge in [-0.2, -0.15) is 0 Å². The average molecular weight is 250 g/mol. The Morgan fingerprint density at radius 1 is 1.39 bits per heavy atom. The Kier molecular flexibility index (Phi) is 3.36. The van der Waals surface area contributed by atoms with Crippen LogP contribution in [0.4, 0.5) is 0 Å². The van der Waals surface area contributed by atoms with E-state index >= 15 is 0 Å². The third-order valence-electron chi connectivity index (χ3n) is 2.51. The fraction of sp³-hybridized carbons (Fsp3) is 0.333. The molecule has 6 heteroatoms. The first-order valence-corrected chi connectivity index (χ1v) is 5.47. The molecule has 2 rings (SSSR count). The number of fused-ring (bicyclic) bond motifs is 1. The molecule has 1 aliphatic rings. The number of ether oxygens (including phenoxy) is 2. The van der Waals surface area contributed by atoms with Gasteiger partial charge in [0.05, 0.1) is 12.0 Å². The summed E-state index contributed by atoms with van der Waals surface area (Å²) in [4.78, 5) is 22.2. The first-order valence-electron chi connectivity index (χ1n) is 5.47. The van der Waals surface area contributed by atoms with E-state index in [1.54, 1.807) is 24.3 Å². The normalized spacial score (nSPS) is 18.8. The van der Waals surface area contributed by atoms with E-state index in [2.05, 4.69) is 5.32 Å². The lowest BCUT2D eigenvalue weighted by Crippen LogP contribution is -2.52. The molecule has 1 N–H and O–H groups in total. The predicted octanol–water partition coefficient (Wildman–Crippen LogP) is -0.919. The molecule has 0 aromatic heterocycles. The molecule has 2 atom stereocenters. The van der Waals surface area contributed by atoms with E-state index in [1.807, 2.05) is 0 Å². The summed E-state index contributed by atoms with van der Waals surface area (Å²) in [5.41, 5.74) is 0. The topological polar surface area (TPSA) is 87.7 Å². The van der Waals surface area contributed by atoms with Crippen molar-refractivity contribution in [3.8, 4) is 11.5 Å². The summed E-state index contributed by atoms with van der Waals surface area (Å²) in [5, 5.41) is 12.8. The SMILES string of the molecule is C[C@@H](NC(=O)[C@H]1COc2ccccc2O1)C(=O)[O-]. The van der Waals surface area contributed by atoms with Crippen LogP contribution in [0.2, 0.25) is 0 Å². The van der Waals surface area contributed by atoms with E-state index in [-0.39, 0.29) is 6.61 Å². The lowest BCUT2D eigenvalue weighted by molar-refractivity contribution is -0.307. The minimum atomic E-state index is -1.35. The van der Waals surface area contributed by atoms with E-state index in [9.17, 15) is 14.7 Å². The maximum Gasteiger partial charge on any atom is 0.265 e. The van der Waals surface area contributed by atoms with Gasteiger partial charge < -0.3 is 24.7 Å². The van der Waals surface area contributed by atoms with Gasteiger partial charge in [0.15, 0.2) is 11.5 Å². The highest BCUT2D eigenvalue weighted by Crippen LogP contribution is 2.30. The Balaban J connectivity index is 2.00. The number of para-hydroxylation sites is 2. The van der Waals surface area contributed by atoms with Crippen molar-refractivity contribution in [2.45, 2.75) is 19.1 Å². The van der Waals surface area contributed by atoms with Crippen LogP contribution in [0.15, 0.2) is 24.3 Å². The van der Waals surface area contributed by atoms with Crippen LogP contribution in [-0.2, 0) is 9.59 Å². The molecule has 1 aromatic rings. The van der Waals surface area contributed by atoms with Crippen LogP contribution in [0.1, 0.15) is 6.92 Å². The van der Waals surface area contributed by atoms with Gasteiger partial charge in [-0.05, 0) is 19.1 Å². The lowest BCUT2D eigenvalue weighted by atomic mass is 10.2. The Hall–Kier alpha value is -2.24. The number of benzene rings is 1. The average Bonchev–Trinajstić information content (AvgIpc) is 2.37. The van der Waals surface area contributed by atoms with Crippen LogP contribution in [0.25, 0.3) is 0 Å². The minimum Gasteiger partial charge on any atom is -0.548 e. The second-order valence-corrected chi connectivity index (χ2v) is 3.91. The van der Waals surface area contributed by atoms with Gasteiger partial charge in [-0.15, -0.1) is 0 Å². The summed E-state index contributed by atoms with van der Waals surface area (Å²) < 4.78 is 10.8. The van der Waals surface area contributed by atoms with E-state index < -0.39 is 24.0 Å². The molecule has 18 heavy (non-hydrogen) atoms. The van der Waals surface area contributed by atoms with E-state index in [4.69, 9.17) is 9.47 Å². The number of hydrogen-bond acceptors (Lipinski definition) is 5. The van der Waals surface area contributed by atoms with Gasteiger partial charge in [-0.25, -0.2) is 0 Å². The zero-order valence-corrected chi connectivity index (χ0v) is 9.71. The molecular weight excluding hydrogens is 238 g/mol. The molecule has 1 aromatic carbocycles. The summed E-state index contributed by atoms with van der Waals surface area (Å²) in [5.74, 6) is -0.860. The largest absolute Gasteiger partial charge is 0.548 e. The zero-order chi connectivity index (χ0) is 13.1. The fourth-order valence-electron chi connectivity index (χ4n) is 1.51. The van der Waals surface area contributed by atoms with Gasteiger partial charge in [-0.3, -0.25) is 4.79 Å². The highest BCUT2D eigenvalue weighted by Gasteiger charge is 2.28. The predicted molar refractivity (Wildman–Crippen MR) is 59.0 cm³/mol. The maximum atomic E-state index is 11.7. The summed E-state index contributed by atoms with van der Waals surface area (Å²) in [6.07, 6.45) is -0.860. The number of carbonyl (C=O) groups excluding carboxylic acids is 2. The molecule has 0 spiro atoms. The van der Waals surface area contributed by atoms with Gasteiger partial charge in [0, 0.05) is 0 Å². The minimum absolute atomic E-state index is 0.0443. The Morgan fingerprint density at radius 3 is 2.72 bits per heavy atom. The van der Waals surface area contributed by atoms with Crippen LogP contribution in [0.5, 0.6) is 11.5 Å². The van der Waals surface area contributed by atoms with Crippen molar-refractivity contribution in [2.75, 3.05) is 6.61 Å². The van der Waals surface area contributed by atoms with Crippen molar-refractivity contribution < 1.29 is 24.2 Å². The third kappa shape index (κ3) is 2.53. The van der Waals surface area contributed by atoms with E-state index in [0.717, 1.165) is 0 Å². The second kappa shape index (κ2) is 4.95. The number of carboxylic acid groups (broad SMARTS) is 1. The first kappa shape index (κ1) is 12.2. The van der Waals surface area contributed by atoms with E-state index in [0.29, 0.717) is 11.5 Å². The highest BCUT2D eigenvalue weighted by molar-refractivity contribution is 5.86. The van der Waals surface area contributed by atoms with Gasteiger partial charge in [-0.1, -0.05) is 12.1 Å². The summed E-state index contributed by atoms with van der Waals surface area (Å²) >= 11 is 0. The number of carboxylic acids is 1. The van der Waals surface area contributed by atoms with Crippen molar-refractivity contribution in [3.05, 3.63) is 24.3 Å². The smallest absolute Gasteiger partial charge is 0.265 e. The molecule has 1 heterocycles. The summed E-state index contributed by atoms with van der Waals surface area (Å²) in [7, 11) is 0. The fourth-order valence-corrected chi connectivity index (χ4v) is 1.51. The number of rotatable bonds is 3. The molecule has 0 unspecified atom stereocenters. The van der Waals surface area contributed by atoms with Crippen LogP contribution in [0.3, 0.4) is 0 Å². The molecule has 6 nitrogen and oxygen atoms in total. The summed E-state index contributed by atoms with van der Waals surface area (Å²) in [6, 6.07) is 5.88. The molecular formula is C12H12NO5-. The summed E-state index contributed by atoms with van der Waals surface area (Å²) in [6.45, 7) is 1.37. The van der Waals surface area contributed by atoms with E-state index in [1.165, 1.54) is 6.92 Å². The first-order chi connectivity index (χ1) is 8.58. The molecule has 1 aliphatic heterocycles. The van der Waals surface area contributed by atoms with Crippen LogP contribution in [0, 0.1) is 0 Å². The van der Waals surface area contributed by atoms with Gasteiger partial charge >= 0.3 is 0 Å². The van der Waals surface area contributed by atoms with Gasteiger partial charge in [0.25, 0.3) is 5.91 Å². The quantitative estimate of drug-likeness (QED) is 0.749. The number of amides is 1. The number of nitrogens with one attached hydrogen (secondary N) is 1. The Bertz CT molecular complexity index is 473. The lowest BCUT2D eigenvalue weighted by Gasteiger charge is -2.26. The molecule has 0 radical (unpaired) electrons. The van der Waals surface area contributed by atoms with Crippen LogP contribution in [-0.4, -0.2) is 30.6 Å². The zero-order valence-electron chi connectivity index (χ0n) is 9.71. The third-order valence-corrected chi connectivity index (χ3v) is 2.51. The van der Waals surface area contributed by atoms with Crippen molar-refractivity contribution in [1.29, 1.82) is 0 Å². The second-order valence-electron chi connectivity index (χ2n) is 3.91. The molecule has 0 bridgehead atoms. The van der Waals surface area contributed by atoms with Crippen molar-refractivity contribution in [2.24, 2.45) is 0 Å². The van der Waals surface area contributed by atoms with Crippen LogP contribution < -0.4 is 19.9 Å². The number of hydrogen-bond donors (Lipinski definition) is 1. The standard InChI is InChI=1S/C12H13NO5/c1-7(12(15)16)13-11(14)10-6-17-8-4-2-3-5-9(8)18-10/h2-5,7,10H,6H2,1H3,(H,13,14)(H,15,16)/p-1/t7-,10-/m1/s1. The Morgan fingerprint density at radius 2 is 2.06 bits per heavy atom. The molecule has 0 saturated carbocycles. The monoisotopic (exact) mass is 250 g/mol. The van der Waals surface area contributed by atoms with Crippen molar-refractivity contribution in [1.82, 2.24) is 5.32 Å². The molecule has 0 fully saturated rings. The van der Waals surface area contributed by atoms with Crippen LogP contribution >= 0.6 is 0 Å².